The van der Waals surface area contributed by atoms with E-state index in [2.05, 4.69) is 52.1 Å². The molecule has 1 aromatic carbocycles. The molecule has 1 saturated carbocycles. The molecular weight excluding hydrogens is 445 g/mol. The van der Waals surface area contributed by atoms with Crippen LogP contribution in [0.25, 0.3) is 5.57 Å². The SMILES string of the molecule is COc1cc(OC)c(F)c(N2CCN(C(C)C)CC3C4C2=CC=C2N=CC(c5cn[nH]c5)=CC234)c1. The number of nitrogens with zero attached hydrogens (tertiary/aromatic N) is 4. The topological polar surface area (TPSA) is 66.0 Å². The first-order valence-electron chi connectivity index (χ1n) is 12.1. The number of rotatable bonds is 5. The molecule has 2 aliphatic heterocycles. The zero-order valence-electron chi connectivity index (χ0n) is 20.5. The van der Waals surface area contributed by atoms with Crippen LogP contribution in [0.2, 0.25) is 0 Å². The van der Waals surface area contributed by atoms with Gasteiger partial charge in [0.25, 0.3) is 0 Å². The highest BCUT2D eigenvalue weighted by Crippen LogP contribution is 2.71. The molecule has 8 heteroatoms. The highest BCUT2D eigenvalue weighted by atomic mass is 19.1. The van der Waals surface area contributed by atoms with Gasteiger partial charge in [-0.15, -0.1) is 0 Å². The molecule has 2 aliphatic carbocycles. The van der Waals surface area contributed by atoms with Crippen LogP contribution in [0.15, 0.2) is 59.1 Å². The van der Waals surface area contributed by atoms with Crippen LogP contribution in [-0.2, 0) is 0 Å². The maximum Gasteiger partial charge on any atom is 0.188 e. The summed E-state index contributed by atoms with van der Waals surface area (Å²) < 4.78 is 26.5. The van der Waals surface area contributed by atoms with E-state index in [1.807, 2.05) is 18.6 Å². The third-order valence-corrected chi connectivity index (χ3v) is 7.99. The van der Waals surface area contributed by atoms with Crippen molar-refractivity contribution in [3.05, 3.63) is 65.5 Å². The highest BCUT2D eigenvalue weighted by Gasteiger charge is 2.69. The third-order valence-electron chi connectivity index (χ3n) is 7.99. The molecule has 4 aliphatic rings. The Balaban J connectivity index is 1.49. The number of ether oxygens (including phenoxy) is 2. The minimum Gasteiger partial charge on any atom is -0.497 e. The summed E-state index contributed by atoms with van der Waals surface area (Å²) in [6.45, 7) is 6.92. The summed E-state index contributed by atoms with van der Waals surface area (Å²) in [5, 5.41) is 7.04. The van der Waals surface area contributed by atoms with E-state index in [-0.39, 0.29) is 22.9 Å². The number of methoxy groups -OCH3 is 2. The number of nitrogens with one attached hydrogen (secondary N) is 1. The van der Waals surface area contributed by atoms with Gasteiger partial charge >= 0.3 is 0 Å². The van der Waals surface area contributed by atoms with Crippen LogP contribution < -0.4 is 14.4 Å². The summed E-state index contributed by atoms with van der Waals surface area (Å²) in [5.74, 6) is 0.937. The van der Waals surface area contributed by atoms with Crippen LogP contribution in [0.3, 0.4) is 0 Å². The lowest BCUT2D eigenvalue weighted by Gasteiger charge is -2.36. The van der Waals surface area contributed by atoms with Gasteiger partial charge in [-0.05, 0) is 31.9 Å². The van der Waals surface area contributed by atoms with E-state index >= 15 is 4.39 Å². The molecule has 1 N–H and O–H groups in total. The van der Waals surface area contributed by atoms with Gasteiger partial charge in [-0.1, -0.05) is 6.08 Å². The second-order valence-corrected chi connectivity index (χ2v) is 9.91. The van der Waals surface area contributed by atoms with Crippen molar-refractivity contribution in [2.45, 2.75) is 19.9 Å². The maximum absolute atomic E-state index is 15.7. The molecule has 0 bridgehead atoms. The van der Waals surface area contributed by atoms with E-state index in [1.54, 1.807) is 19.2 Å². The van der Waals surface area contributed by atoms with Crippen molar-refractivity contribution < 1.29 is 13.9 Å². The van der Waals surface area contributed by atoms with Gasteiger partial charge in [0.1, 0.15) is 5.75 Å². The zero-order valence-corrected chi connectivity index (χ0v) is 20.5. The average Bonchev–Trinajstić information content (AvgIpc) is 3.18. The fraction of sp³-hybridized carbons (Fsp3) is 0.407. The van der Waals surface area contributed by atoms with Gasteiger partial charge in [0.15, 0.2) is 11.6 Å². The number of hydrogen-bond acceptors (Lipinski definition) is 6. The predicted octanol–water partition coefficient (Wildman–Crippen LogP) is 4.28. The summed E-state index contributed by atoms with van der Waals surface area (Å²) in [6, 6.07) is 3.74. The zero-order chi connectivity index (χ0) is 24.3. The fourth-order valence-corrected chi connectivity index (χ4v) is 6.09. The lowest BCUT2D eigenvalue weighted by molar-refractivity contribution is 0.206. The van der Waals surface area contributed by atoms with E-state index in [9.17, 15) is 0 Å². The van der Waals surface area contributed by atoms with Gasteiger partial charge in [-0.2, -0.15) is 5.10 Å². The largest absolute Gasteiger partial charge is 0.497 e. The van der Waals surface area contributed by atoms with E-state index in [4.69, 9.17) is 14.5 Å². The number of aromatic nitrogens is 2. The van der Waals surface area contributed by atoms with Crippen molar-refractivity contribution in [1.82, 2.24) is 15.1 Å². The van der Waals surface area contributed by atoms with Crippen molar-refractivity contribution in [1.29, 1.82) is 0 Å². The monoisotopic (exact) mass is 475 g/mol. The number of hydrogen-bond donors (Lipinski definition) is 1. The molecule has 35 heavy (non-hydrogen) atoms. The molecule has 6 rings (SSSR count). The van der Waals surface area contributed by atoms with E-state index in [1.165, 1.54) is 7.11 Å². The number of anilines is 1. The van der Waals surface area contributed by atoms with Gasteiger partial charge in [0.2, 0.25) is 0 Å². The molecule has 0 amide bonds. The Morgan fingerprint density at radius 3 is 2.74 bits per heavy atom. The molecular formula is C27H30FN5O2. The van der Waals surface area contributed by atoms with Crippen LogP contribution in [0.1, 0.15) is 19.4 Å². The van der Waals surface area contributed by atoms with Crippen LogP contribution in [0.5, 0.6) is 11.5 Å². The number of allylic oxidation sites excluding steroid dienone is 5. The molecule has 2 fully saturated rings. The van der Waals surface area contributed by atoms with Gasteiger partial charge in [-0.25, -0.2) is 4.39 Å². The lowest BCUT2D eigenvalue weighted by atomic mass is 9.87. The second-order valence-electron chi connectivity index (χ2n) is 9.91. The lowest BCUT2D eigenvalue weighted by Crippen LogP contribution is -2.42. The summed E-state index contributed by atoms with van der Waals surface area (Å²) in [7, 11) is 3.08. The Bertz CT molecular complexity index is 1280. The molecule has 1 aromatic heterocycles. The van der Waals surface area contributed by atoms with Gasteiger partial charge < -0.3 is 14.4 Å². The Kier molecular flexibility index (Phi) is 5.11. The fourth-order valence-electron chi connectivity index (χ4n) is 6.09. The van der Waals surface area contributed by atoms with Crippen LogP contribution in [0, 0.1) is 23.1 Å². The van der Waals surface area contributed by atoms with Crippen molar-refractivity contribution in [3.63, 3.8) is 0 Å². The first-order chi connectivity index (χ1) is 17.0. The maximum atomic E-state index is 15.7. The Labute approximate surface area is 204 Å². The van der Waals surface area contributed by atoms with Crippen molar-refractivity contribution in [2.24, 2.45) is 22.2 Å². The molecule has 3 atom stereocenters. The Morgan fingerprint density at radius 2 is 2.03 bits per heavy atom. The third kappa shape index (κ3) is 3.26. The Morgan fingerprint density at radius 1 is 1.17 bits per heavy atom. The number of aromatic amines is 1. The van der Waals surface area contributed by atoms with Gasteiger partial charge in [0, 0.05) is 78.4 Å². The summed E-state index contributed by atoms with van der Waals surface area (Å²) in [6.07, 6.45) is 12.3. The van der Waals surface area contributed by atoms with Crippen LogP contribution in [0.4, 0.5) is 10.1 Å². The van der Waals surface area contributed by atoms with E-state index in [0.29, 0.717) is 29.9 Å². The number of halogens is 1. The average molecular weight is 476 g/mol. The van der Waals surface area contributed by atoms with Crippen LogP contribution >= 0.6 is 0 Å². The second kappa shape index (κ2) is 8.09. The van der Waals surface area contributed by atoms with E-state index in [0.717, 1.165) is 35.6 Å². The quantitative estimate of drug-likeness (QED) is 0.699. The number of H-pyrrole nitrogens is 1. The van der Waals surface area contributed by atoms with E-state index < -0.39 is 0 Å². The smallest absolute Gasteiger partial charge is 0.188 e. The van der Waals surface area contributed by atoms with Gasteiger partial charge in [-0.3, -0.25) is 15.0 Å². The normalized spacial score (nSPS) is 27.3. The number of dihydropyridines is 1. The summed E-state index contributed by atoms with van der Waals surface area (Å²) >= 11 is 0. The molecule has 1 saturated heterocycles. The molecule has 182 valence electrons. The summed E-state index contributed by atoms with van der Waals surface area (Å²) in [4.78, 5) is 9.52. The predicted molar refractivity (Wildman–Crippen MR) is 134 cm³/mol. The van der Waals surface area contributed by atoms with Crippen molar-refractivity contribution in [3.8, 4) is 11.5 Å². The van der Waals surface area contributed by atoms with Crippen molar-refractivity contribution in [2.75, 3.05) is 38.8 Å². The number of aliphatic imine (C=N–C) groups is 1. The minimum absolute atomic E-state index is 0.182. The summed E-state index contributed by atoms with van der Waals surface area (Å²) in [5.41, 5.74) is 4.57. The molecule has 3 unspecified atom stereocenters. The minimum atomic E-state index is -0.372. The highest BCUT2D eigenvalue weighted by molar-refractivity contribution is 6.11. The van der Waals surface area contributed by atoms with Gasteiger partial charge in [0.05, 0.1) is 31.8 Å². The Hall–Kier alpha value is -3.39. The molecule has 1 spiro atoms. The first kappa shape index (κ1) is 22.1. The van der Waals surface area contributed by atoms with Crippen molar-refractivity contribution >= 4 is 17.5 Å². The molecule has 0 radical (unpaired) electrons. The first-order valence-corrected chi connectivity index (χ1v) is 12.1. The molecule has 2 aromatic rings. The van der Waals surface area contributed by atoms with Crippen LogP contribution in [-0.4, -0.2) is 61.2 Å². The molecule has 7 nitrogen and oxygen atoms in total. The molecule has 3 heterocycles. The number of benzene rings is 1. The standard InChI is InChI=1S/C27H30FN5O2/c1-16(2)32-7-8-33(22-9-19(34-3)10-23(35-4)26(22)28)21-5-6-24-27(20(15-32)25(21)27)11-17(12-29-24)18-13-30-31-14-18/h5-6,9-14,16,20,25H,7-8,15H2,1-4H3,(H,30,31).